The fraction of sp³-hybridized carbons (Fsp3) is 0.0833. The zero-order chi connectivity index (χ0) is 23.0. The van der Waals surface area contributed by atoms with Crippen molar-refractivity contribution in [3.63, 3.8) is 0 Å². The molecule has 0 aliphatic heterocycles. The number of benzene rings is 3. The van der Waals surface area contributed by atoms with Gasteiger partial charge in [-0.25, -0.2) is 15.2 Å². The minimum absolute atomic E-state index is 0.0816. The molecule has 0 spiro atoms. The summed E-state index contributed by atoms with van der Waals surface area (Å²) in [6.45, 7) is 0. The molecule has 33 heavy (non-hydrogen) atoms. The summed E-state index contributed by atoms with van der Waals surface area (Å²) < 4.78 is 16.2. The molecule has 3 aromatic carbocycles. The number of thioether (sulfide) groups is 1. The highest BCUT2D eigenvalue weighted by Crippen LogP contribution is 2.23. The van der Waals surface area contributed by atoms with Crippen LogP contribution in [-0.2, 0) is 4.79 Å². The number of ether oxygens (including phenoxy) is 2. The summed E-state index contributed by atoms with van der Waals surface area (Å²) >= 11 is 1.17. The quantitative estimate of drug-likeness (QED) is 0.137. The van der Waals surface area contributed by atoms with E-state index in [-0.39, 0.29) is 11.7 Å². The van der Waals surface area contributed by atoms with E-state index in [4.69, 9.17) is 13.9 Å². The van der Waals surface area contributed by atoms with Crippen LogP contribution in [0, 0.1) is 0 Å². The van der Waals surface area contributed by atoms with Gasteiger partial charge in [-0.2, -0.15) is 5.10 Å². The van der Waals surface area contributed by atoms with Gasteiger partial charge in [-0.05, 0) is 48.5 Å². The molecule has 0 saturated carbocycles. The molecule has 1 heterocycles. The Morgan fingerprint density at radius 1 is 1.06 bits per heavy atom. The van der Waals surface area contributed by atoms with E-state index in [0.717, 1.165) is 5.52 Å². The fourth-order valence-corrected chi connectivity index (χ4v) is 3.44. The number of hydrazone groups is 1. The van der Waals surface area contributed by atoms with Crippen molar-refractivity contribution >= 4 is 41.0 Å². The SMILES string of the molecule is COc1ccc(C(=O)Oc2ccccc2/C=N\NC(=O)CSc2nc3ccccc3o2)cc1. The number of esters is 1. The number of oxazole rings is 1. The van der Waals surface area contributed by atoms with E-state index in [9.17, 15) is 9.59 Å². The van der Waals surface area contributed by atoms with E-state index >= 15 is 0 Å². The van der Waals surface area contributed by atoms with Crippen molar-refractivity contribution in [1.29, 1.82) is 0 Å². The third-order valence-corrected chi connectivity index (χ3v) is 5.27. The third-order valence-electron chi connectivity index (χ3n) is 4.44. The summed E-state index contributed by atoms with van der Waals surface area (Å²) in [5.41, 5.74) is 4.76. The van der Waals surface area contributed by atoms with E-state index in [1.807, 2.05) is 24.3 Å². The normalized spacial score (nSPS) is 10.9. The highest BCUT2D eigenvalue weighted by atomic mass is 32.2. The molecule has 0 radical (unpaired) electrons. The first-order valence-corrected chi connectivity index (χ1v) is 10.9. The van der Waals surface area contributed by atoms with Crippen molar-refractivity contribution in [2.75, 3.05) is 12.9 Å². The Morgan fingerprint density at radius 3 is 2.61 bits per heavy atom. The minimum Gasteiger partial charge on any atom is -0.497 e. The topological polar surface area (TPSA) is 103 Å². The molecule has 0 bridgehead atoms. The average molecular weight is 461 g/mol. The Balaban J connectivity index is 1.33. The van der Waals surface area contributed by atoms with Gasteiger partial charge < -0.3 is 13.9 Å². The first-order valence-electron chi connectivity index (χ1n) is 9.88. The number of rotatable bonds is 8. The monoisotopic (exact) mass is 461 g/mol. The standard InChI is InChI=1S/C24H19N3O5S/c1-30-18-12-10-16(11-13-18)23(29)31-20-8-4-2-6-17(20)14-25-27-22(28)15-33-24-26-19-7-3-5-9-21(19)32-24/h2-14H,15H2,1H3,(H,27,28)/b25-14-. The lowest BCUT2D eigenvalue weighted by atomic mass is 10.2. The Labute approximate surface area is 193 Å². The van der Waals surface area contributed by atoms with Crippen molar-refractivity contribution in [2.24, 2.45) is 5.10 Å². The smallest absolute Gasteiger partial charge is 0.343 e. The van der Waals surface area contributed by atoms with Crippen LogP contribution in [0.5, 0.6) is 11.5 Å². The lowest BCUT2D eigenvalue weighted by molar-refractivity contribution is -0.118. The Bertz CT molecular complexity index is 1270. The number of carbonyl (C=O) groups is 2. The van der Waals surface area contributed by atoms with Crippen LogP contribution >= 0.6 is 11.8 Å². The van der Waals surface area contributed by atoms with Crippen molar-refractivity contribution in [1.82, 2.24) is 10.4 Å². The van der Waals surface area contributed by atoms with Crippen LogP contribution < -0.4 is 14.9 Å². The number of amides is 1. The molecule has 1 N–H and O–H groups in total. The lowest BCUT2D eigenvalue weighted by Crippen LogP contribution is -2.19. The van der Waals surface area contributed by atoms with Gasteiger partial charge in [0, 0.05) is 5.56 Å². The number of carbonyl (C=O) groups excluding carboxylic acids is 2. The largest absolute Gasteiger partial charge is 0.497 e. The second kappa shape index (κ2) is 10.5. The summed E-state index contributed by atoms with van der Waals surface area (Å²) in [5.74, 6) is 0.197. The molecule has 166 valence electrons. The molecule has 1 aromatic heterocycles. The number of nitrogens with zero attached hydrogens (tertiary/aromatic N) is 2. The van der Waals surface area contributed by atoms with Gasteiger partial charge in [0.25, 0.3) is 11.1 Å². The zero-order valence-electron chi connectivity index (χ0n) is 17.6. The maximum Gasteiger partial charge on any atom is 0.343 e. The molecule has 0 saturated heterocycles. The number of hydrogen-bond acceptors (Lipinski definition) is 8. The highest BCUT2D eigenvalue weighted by Gasteiger charge is 2.12. The predicted octanol–water partition coefficient (Wildman–Crippen LogP) is 4.30. The molecule has 1 amide bonds. The van der Waals surface area contributed by atoms with Gasteiger partial charge in [-0.15, -0.1) is 0 Å². The second-order valence-electron chi connectivity index (χ2n) is 6.69. The van der Waals surface area contributed by atoms with E-state index in [2.05, 4.69) is 15.5 Å². The van der Waals surface area contributed by atoms with Crippen molar-refractivity contribution in [2.45, 2.75) is 5.22 Å². The van der Waals surface area contributed by atoms with Gasteiger partial charge in [-0.3, -0.25) is 4.79 Å². The summed E-state index contributed by atoms with van der Waals surface area (Å²) in [7, 11) is 1.55. The molecule has 0 aliphatic rings. The van der Waals surface area contributed by atoms with E-state index in [0.29, 0.717) is 33.4 Å². The molecule has 0 unspecified atom stereocenters. The number of fused-ring (bicyclic) bond motifs is 1. The molecule has 8 nitrogen and oxygen atoms in total. The van der Waals surface area contributed by atoms with Gasteiger partial charge in [0.05, 0.1) is 24.6 Å². The predicted molar refractivity (Wildman–Crippen MR) is 125 cm³/mol. The maximum absolute atomic E-state index is 12.4. The van der Waals surface area contributed by atoms with Crippen LogP contribution in [0.25, 0.3) is 11.1 Å². The molecule has 0 fully saturated rings. The molecular formula is C24H19N3O5S. The number of methoxy groups -OCH3 is 1. The van der Waals surface area contributed by atoms with Gasteiger partial charge in [0.15, 0.2) is 5.58 Å². The molecular weight excluding hydrogens is 442 g/mol. The fourth-order valence-electron chi connectivity index (χ4n) is 2.81. The van der Waals surface area contributed by atoms with Crippen LogP contribution in [0.4, 0.5) is 0 Å². The second-order valence-corrected chi connectivity index (χ2v) is 7.61. The zero-order valence-corrected chi connectivity index (χ0v) is 18.4. The van der Waals surface area contributed by atoms with E-state index in [1.165, 1.54) is 18.0 Å². The van der Waals surface area contributed by atoms with Crippen LogP contribution in [0.15, 0.2) is 87.5 Å². The van der Waals surface area contributed by atoms with Crippen LogP contribution in [-0.4, -0.2) is 35.9 Å². The molecule has 4 rings (SSSR count). The van der Waals surface area contributed by atoms with Gasteiger partial charge in [-0.1, -0.05) is 36.0 Å². The summed E-state index contributed by atoms with van der Waals surface area (Å²) in [5, 5.41) is 4.37. The van der Waals surface area contributed by atoms with Gasteiger partial charge in [0.1, 0.15) is 17.0 Å². The van der Waals surface area contributed by atoms with Crippen LogP contribution in [0.3, 0.4) is 0 Å². The highest BCUT2D eigenvalue weighted by molar-refractivity contribution is 7.99. The van der Waals surface area contributed by atoms with Crippen molar-refractivity contribution in [3.05, 3.63) is 83.9 Å². The summed E-state index contributed by atoms with van der Waals surface area (Å²) in [6.07, 6.45) is 1.42. The first-order chi connectivity index (χ1) is 16.1. The molecule has 9 heteroatoms. The number of nitrogens with one attached hydrogen (secondary N) is 1. The summed E-state index contributed by atoms with van der Waals surface area (Å²) in [4.78, 5) is 28.9. The summed E-state index contributed by atoms with van der Waals surface area (Å²) in [6, 6.07) is 20.9. The number of aromatic nitrogens is 1. The van der Waals surface area contributed by atoms with Crippen molar-refractivity contribution < 1.29 is 23.5 Å². The minimum atomic E-state index is -0.516. The third kappa shape index (κ3) is 5.78. The van der Waals surface area contributed by atoms with E-state index < -0.39 is 5.97 Å². The van der Waals surface area contributed by atoms with Crippen LogP contribution in [0.1, 0.15) is 15.9 Å². The number of hydrogen-bond donors (Lipinski definition) is 1. The van der Waals surface area contributed by atoms with Crippen LogP contribution in [0.2, 0.25) is 0 Å². The Morgan fingerprint density at radius 2 is 1.82 bits per heavy atom. The van der Waals surface area contributed by atoms with Gasteiger partial charge in [0.2, 0.25) is 0 Å². The Hall–Kier alpha value is -4.11. The lowest BCUT2D eigenvalue weighted by Gasteiger charge is -2.07. The first kappa shape index (κ1) is 22.1. The average Bonchev–Trinajstić information content (AvgIpc) is 3.27. The maximum atomic E-state index is 12.4. The number of para-hydroxylation sites is 3. The van der Waals surface area contributed by atoms with Crippen molar-refractivity contribution in [3.8, 4) is 11.5 Å². The van der Waals surface area contributed by atoms with Gasteiger partial charge >= 0.3 is 5.97 Å². The molecule has 0 aliphatic carbocycles. The molecule has 0 atom stereocenters. The van der Waals surface area contributed by atoms with E-state index in [1.54, 1.807) is 55.6 Å². The Kier molecular flexibility index (Phi) is 7.01. The molecule has 4 aromatic rings.